The predicted molar refractivity (Wildman–Crippen MR) is 83.4 cm³/mol. The van der Waals surface area contributed by atoms with Crippen LogP contribution in [0.5, 0.6) is 0 Å². The molecule has 0 aliphatic heterocycles. The van der Waals surface area contributed by atoms with Crippen LogP contribution in [0.15, 0.2) is 29.2 Å². The quantitative estimate of drug-likeness (QED) is 0.862. The van der Waals surface area contributed by atoms with Gasteiger partial charge in [-0.15, -0.1) is 0 Å². The zero-order chi connectivity index (χ0) is 15.5. The van der Waals surface area contributed by atoms with Crippen molar-refractivity contribution in [2.24, 2.45) is 0 Å². The van der Waals surface area contributed by atoms with Gasteiger partial charge in [0.2, 0.25) is 0 Å². The summed E-state index contributed by atoms with van der Waals surface area (Å²) < 4.78 is 24.3. The lowest BCUT2D eigenvalue weighted by atomic mass is 9.84. The molecule has 4 nitrogen and oxygen atoms in total. The summed E-state index contributed by atoms with van der Waals surface area (Å²) in [6, 6.07) is 7.19. The topological polar surface area (TPSA) is 55.4 Å². The summed E-state index contributed by atoms with van der Waals surface area (Å²) in [5.74, 6) is 0.578. The first-order chi connectivity index (χ1) is 9.78. The Bertz CT molecular complexity index is 552. The number of rotatable bonds is 4. The van der Waals surface area contributed by atoms with Gasteiger partial charge < -0.3 is 0 Å². The first-order valence-electron chi connectivity index (χ1n) is 7.58. The number of benzene rings is 1. The molecular weight excluding hydrogens is 286 g/mol. The first kappa shape index (κ1) is 16.5. The number of sulfonamides is 1. The molecule has 1 N–H and O–H groups in total. The monoisotopic (exact) mass is 311 g/mol. The lowest BCUT2D eigenvalue weighted by molar-refractivity contribution is -0.0357. The van der Waals surface area contributed by atoms with Gasteiger partial charge in [0, 0.05) is 0 Å². The van der Waals surface area contributed by atoms with E-state index in [-0.39, 0.29) is 4.90 Å². The summed E-state index contributed by atoms with van der Waals surface area (Å²) in [4.78, 5) is 7.59. The molecule has 1 fully saturated rings. The minimum absolute atomic E-state index is 0.242. The number of hydrogen-bond acceptors (Lipinski definition) is 3. The molecule has 21 heavy (non-hydrogen) atoms. The predicted octanol–water partition coefficient (Wildman–Crippen LogP) is 3.74. The maximum atomic E-state index is 12.1. The maximum absolute atomic E-state index is 12.1. The Morgan fingerprint density at radius 3 is 2.14 bits per heavy atom. The molecular formula is C16H25NO3S. The van der Waals surface area contributed by atoms with Crippen LogP contribution in [0.4, 0.5) is 0 Å². The standard InChI is InChI=1S/C16H25NO3S/c1-16(2,3)20-17-21(18,19)15-11-9-14(10-12-15)13-7-5-4-6-8-13/h9-13,17H,4-8H2,1-3H3. The van der Waals surface area contributed by atoms with Crippen molar-refractivity contribution in [3.63, 3.8) is 0 Å². The van der Waals surface area contributed by atoms with Gasteiger partial charge >= 0.3 is 0 Å². The van der Waals surface area contributed by atoms with Gasteiger partial charge in [0.15, 0.2) is 0 Å². The average molecular weight is 311 g/mol. The van der Waals surface area contributed by atoms with Crippen LogP contribution in [0.25, 0.3) is 0 Å². The summed E-state index contributed by atoms with van der Waals surface area (Å²) in [6.45, 7) is 5.38. The summed E-state index contributed by atoms with van der Waals surface area (Å²) in [6.07, 6.45) is 6.27. The Morgan fingerprint density at radius 2 is 1.62 bits per heavy atom. The third-order valence-corrected chi connectivity index (χ3v) is 4.92. The molecule has 1 aliphatic rings. The van der Waals surface area contributed by atoms with E-state index in [1.807, 2.05) is 12.1 Å². The van der Waals surface area contributed by atoms with Gasteiger partial charge in [-0.25, -0.2) is 8.42 Å². The van der Waals surface area contributed by atoms with E-state index in [2.05, 4.69) is 4.89 Å². The van der Waals surface area contributed by atoms with Crippen LogP contribution in [0.1, 0.15) is 64.4 Å². The van der Waals surface area contributed by atoms with Gasteiger partial charge in [-0.3, -0.25) is 4.84 Å². The first-order valence-corrected chi connectivity index (χ1v) is 9.06. The van der Waals surface area contributed by atoms with Crippen LogP contribution in [0, 0.1) is 0 Å². The van der Waals surface area contributed by atoms with Crippen LogP contribution < -0.4 is 4.89 Å². The second kappa shape index (κ2) is 6.46. The molecule has 0 atom stereocenters. The SMILES string of the molecule is CC(C)(C)ONS(=O)(=O)c1ccc(C2CCCCC2)cc1. The third-order valence-electron chi connectivity index (χ3n) is 3.72. The van der Waals surface area contributed by atoms with Gasteiger partial charge in [-0.1, -0.05) is 36.3 Å². The summed E-state index contributed by atoms with van der Waals surface area (Å²) in [5.41, 5.74) is 0.681. The van der Waals surface area contributed by atoms with Gasteiger partial charge in [-0.05, 0) is 57.2 Å². The minimum atomic E-state index is -3.61. The molecule has 0 aromatic heterocycles. The van der Waals surface area contributed by atoms with E-state index >= 15 is 0 Å². The fourth-order valence-electron chi connectivity index (χ4n) is 2.58. The van der Waals surface area contributed by atoms with Crippen molar-refractivity contribution in [3.05, 3.63) is 29.8 Å². The summed E-state index contributed by atoms with van der Waals surface area (Å²) in [5, 5.41) is 0. The zero-order valence-electron chi connectivity index (χ0n) is 13.1. The highest BCUT2D eigenvalue weighted by Crippen LogP contribution is 2.32. The molecule has 0 saturated heterocycles. The molecule has 0 radical (unpaired) electrons. The molecule has 5 heteroatoms. The van der Waals surface area contributed by atoms with E-state index in [1.54, 1.807) is 32.9 Å². The molecule has 0 amide bonds. The summed E-state index contributed by atoms with van der Waals surface area (Å²) >= 11 is 0. The molecule has 0 heterocycles. The molecule has 0 bridgehead atoms. The Kier molecular flexibility index (Phi) is 5.07. The van der Waals surface area contributed by atoms with Gasteiger partial charge in [-0.2, -0.15) is 0 Å². The lowest BCUT2D eigenvalue weighted by Crippen LogP contribution is -2.33. The van der Waals surface area contributed by atoms with Crippen molar-refractivity contribution in [3.8, 4) is 0 Å². The molecule has 1 aromatic rings. The van der Waals surface area contributed by atoms with Crippen molar-refractivity contribution in [2.45, 2.75) is 69.3 Å². The third kappa shape index (κ3) is 4.80. The second-order valence-electron chi connectivity index (χ2n) is 6.71. The van der Waals surface area contributed by atoms with Crippen molar-refractivity contribution in [2.75, 3.05) is 0 Å². The smallest absolute Gasteiger partial charge is 0.262 e. The van der Waals surface area contributed by atoms with E-state index < -0.39 is 15.6 Å². The molecule has 2 rings (SSSR count). The van der Waals surface area contributed by atoms with Gasteiger partial charge in [0.05, 0.1) is 10.5 Å². The van der Waals surface area contributed by atoms with Crippen LogP contribution >= 0.6 is 0 Å². The minimum Gasteiger partial charge on any atom is -0.281 e. The van der Waals surface area contributed by atoms with E-state index in [0.29, 0.717) is 5.92 Å². The second-order valence-corrected chi connectivity index (χ2v) is 8.35. The molecule has 0 unspecified atom stereocenters. The average Bonchev–Trinajstić information content (AvgIpc) is 2.46. The highest BCUT2D eigenvalue weighted by Gasteiger charge is 2.20. The van der Waals surface area contributed by atoms with E-state index in [1.165, 1.54) is 37.7 Å². The highest BCUT2D eigenvalue weighted by atomic mass is 32.2. The van der Waals surface area contributed by atoms with Crippen LogP contribution in [-0.2, 0) is 14.9 Å². The van der Waals surface area contributed by atoms with Crippen molar-refractivity contribution in [1.82, 2.24) is 4.89 Å². The van der Waals surface area contributed by atoms with Gasteiger partial charge in [0.25, 0.3) is 10.0 Å². The molecule has 0 spiro atoms. The lowest BCUT2D eigenvalue weighted by Gasteiger charge is -2.22. The fourth-order valence-corrected chi connectivity index (χ4v) is 3.53. The van der Waals surface area contributed by atoms with E-state index in [4.69, 9.17) is 4.84 Å². The maximum Gasteiger partial charge on any atom is 0.262 e. The molecule has 118 valence electrons. The Labute approximate surface area is 127 Å². The normalized spacial score (nSPS) is 17.9. The van der Waals surface area contributed by atoms with Gasteiger partial charge in [0.1, 0.15) is 0 Å². The number of nitrogens with one attached hydrogen (secondary N) is 1. The van der Waals surface area contributed by atoms with E-state index in [0.717, 1.165) is 0 Å². The molecule has 1 saturated carbocycles. The van der Waals surface area contributed by atoms with Crippen molar-refractivity contribution in [1.29, 1.82) is 0 Å². The fraction of sp³-hybridized carbons (Fsp3) is 0.625. The number of hydrogen-bond donors (Lipinski definition) is 1. The van der Waals surface area contributed by atoms with Crippen molar-refractivity contribution < 1.29 is 13.3 Å². The van der Waals surface area contributed by atoms with Crippen LogP contribution in [-0.4, -0.2) is 14.0 Å². The molecule has 1 aliphatic carbocycles. The van der Waals surface area contributed by atoms with Crippen molar-refractivity contribution >= 4 is 10.0 Å². The largest absolute Gasteiger partial charge is 0.281 e. The van der Waals surface area contributed by atoms with Crippen LogP contribution in [0.3, 0.4) is 0 Å². The molecule has 1 aromatic carbocycles. The Balaban J connectivity index is 2.07. The Morgan fingerprint density at radius 1 is 1.05 bits per heavy atom. The Hall–Kier alpha value is -0.910. The van der Waals surface area contributed by atoms with Crippen LogP contribution in [0.2, 0.25) is 0 Å². The highest BCUT2D eigenvalue weighted by molar-refractivity contribution is 7.89. The van der Waals surface area contributed by atoms with E-state index in [9.17, 15) is 8.42 Å². The zero-order valence-corrected chi connectivity index (χ0v) is 13.9. The summed E-state index contributed by atoms with van der Waals surface area (Å²) in [7, 11) is -3.61.